The molecule has 6 rings (SSSR count). The van der Waals surface area contributed by atoms with Crippen LogP contribution < -0.4 is 5.32 Å². The smallest absolute Gasteiger partial charge is 0.274 e. The van der Waals surface area contributed by atoms with Crippen LogP contribution in [0, 0.1) is 23.2 Å². The number of nitrogens with one attached hydrogen (secondary N) is 1. The Morgan fingerprint density at radius 2 is 1.82 bits per heavy atom. The second kappa shape index (κ2) is 8.15. The molecule has 1 aliphatic heterocycles. The van der Waals surface area contributed by atoms with Gasteiger partial charge in [-0.15, -0.1) is 0 Å². The number of pyridine rings is 1. The second-order valence-electron chi connectivity index (χ2n) is 10.5. The van der Waals surface area contributed by atoms with Gasteiger partial charge in [-0.2, -0.15) is 0 Å². The van der Waals surface area contributed by atoms with Crippen LogP contribution in [0.3, 0.4) is 0 Å². The predicted molar refractivity (Wildman–Crippen MR) is 124 cm³/mol. The molecule has 3 amide bonds. The number of carbonyl (C=O) groups excluding carboxylic acids is 3. The van der Waals surface area contributed by atoms with Gasteiger partial charge in [0.2, 0.25) is 5.91 Å². The van der Waals surface area contributed by atoms with Crippen LogP contribution >= 0.6 is 0 Å². The highest BCUT2D eigenvalue weighted by atomic mass is 16.2. The molecule has 3 aliphatic carbocycles. The van der Waals surface area contributed by atoms with E-state index in [-0.39, 0.29) is 17.7 Å². The van der Waals surface area contributed by atoms with Crippen molar-refractivity contribution in [2.24, 2.45) is 23.2 Å². The fraction of sp³-hybridized carbons (Fsp3) is 0.600. The van der Waals surface area contributed by atoms with Gasteiger partial charge >= 0.3 is 0 Å². The van der Waals surface area contributed by atoms with E-state index in [0.29, 0.717) is 67.0 Å². The van der Waals surface area contributed by atoms with E-state index in [2.05, 4.69) is 24.1 Å². The van der Waals surface area contributed by atoms with Crippen LogP contribution in [0.4, 0.5) is 0 Å². The first-order chi connectivity index (χ1) is 15.8. The van der Waals surface area contributed by atoms with E-state index in [0.717, 1.165) is 5.92 Å². The van der Waals surface area contributed by atoms with E-state index in [1.165, 1.54) is 19.3 Å². The first-order valence-electron chi connectivity index (χ1n) is 12.1. The summed E-state index contributed by atoms with van der Waals surface area (Å²) >= 11 is 0. The molecule has 2 bridgehead atoms. The first-order valence-corrected chi connectivity index (χ1v) is 12.1. The lowest BCUT2D eigenvalue weighted by atomic mass is 9.45. The Hall–Kier alpha value is -2.90. The van der Waals surface area contributed by atoms with Crippen molar-refractivity contribution >= 4 is 23.4 Å². The zero-order valence-electron chi connectivity index (χ0n) is 19.7. The SMILES string of the molecule is CC(=O)N1CCN(C(=O)c2cn3c(C(=O)NC[C@@H]4CC[C@H]5C[C@H]4C5(C)C)cccc3n2)CC1. The molecule has 33 heavy (non-hydrogen) atoms. The number of hydrogen-bond acceptors (Lipinski definition) is 4. The molecule has 0 unspecified atom stereocenters. The fourth-order valence-electron chi connectivity index (χ4n) is 6.21. The van der Waals surface area contributed by atoms with Crippen LogP contribution in [0.2, 0.25) is 0 Å². The number of nitrogens with zero attached hydrogens (tertiary/aromatic N) is 4. The maximum Gasteiger partial charge on any atom is 0.274 e. The number of imidazole rings is 1. The van der Waals surface area contributed by atoms with Crippen LogP contribution in [-0.2, 0) is 4.79 Å². The van der Waals surface area contributed by atoms with Gasteiger partial charge in [-0.25, -0.2) is 4.98 Å². The Morgan fingerprint density at radius 1 is 1.09 bits per heavy atom. The third-order valence-electron chi connectivity index (χ3n) is 8.48. The highest BCUT2D eigenvalue weighted by Gasteiger charge is 2.53. The molecule has 176 valence electrons. The molecule has 2 aromatic heterocycles. The lowest BCUT2D eigenvalue weighted by molar-refractivity contribution is -0.130. The molecule has 0 spiro atoms. The van der Waals surface area contributed by atoms with Crippen molar-refractivity contribution in [3.8, 4) is 0 Å². The normalized spacial score (nSPS) is 26.1. The van der Waals surface area contributed by atoms with Gasteiger partial charge in [0, 0.05) is 45.8 Å². The molecule has 3 heterocycles. The summed E-state index contributed by atoms with van der Waals surface area (Å²) in [5, 5.41) is 3.15. The summed E-state index contributed by atoms with van der Waals surface area (Å²) in [4.78, 5) is 45.6. The van der Waals surface area contributed by atoms with E-state index in [9.17, 15) is 14.4 Å². The molecule has 8 nitrogen and oxygen atoms in total. The fourth-order valence-corrected chi connectivity index (χ4v) is 6.21. The lowest BCUT2D eigenvalue weighted by Crippen LogP contribution is -2.54. The maximum absolute atomic E-state index is 13.1. The van der Waals surface area contributed by atoms with Gasteiger partial charge in [-0.05, 0) is 54.6 Å². The molecule has 8 heteroatoms. The molecule has 3 atom stereocenters. The van der Waals surface area contributed by atoms with Crippen LogP contribution in [0.25, 0.3) is 5.65 Å². The van der Waals surface area contributed by atoms with Crippen LogP contribution in [0.1, 0.15) is 61.0 Å². The minimum absolute atomic E-state index is 0.0272. The average Bonchev–Trinajstić information content (AvgIpc) is 3.26. The predicted octanol–water partition coefficient (Wildman–Crippen LogP) is 2.44. The van der Waals surface area contributed by atoms with Crippen LogP contribution in [0.15, 0.2) is 24.4 Å². The van der Waals surface area contributed by atoms with E-state index < -0.39 is 0 Å². The molecule has 4 fully saturated rings. The highest BCUT2D eigenvalue weighted by molar-refractivity contribution is 5.95. The average molecular weight is 452 g/mol. The summed E-state index contributed by atoms with van der Waals surface area (Å²) in [5.74, 6) is 1.79. The van der Waals surface area contributed by atoms with Crippen molar-refractivity contribution in [3.05, 3.63) is 35.8 Å². The molecule has 1 N–H and O–H groups in total. The molecule has 0 aromatic carbocycles. The highest BCUT2D eigenvalue weighted by Crippen LogP contribution is 2.61. The summed E-state index contributed by atoms with van der Waals surface area (Å²) in [7, 11) is 0. The zero-order valence-corrected chi connectivity index (χ0v) is 19.7. The Balaban J connectivity index is 1.27. The third-order valence-corrected chi connectivity index (χ3v) is 8.48. The topological polar surface area (TPSA) is 87.0 Å². The summed E-state index contributed by atoms with van der Waals surface area (Å²) in [6, 6.07) is 5.38. The van der Waals surface area contributed by atoms with E-state index in [4.69, 9.17) is 0 Å². The number of piperazine rings is 1. The van der Waals surface area contributed by atoms with Crippen LogP contribution in [0.5, 0.6) is 0 Å². The monoisotopic (exact) mass is 451 g/mol. The van der Waals surface area contributed by atoms with Gasteiger partial charge in [0.1, 0.15) is 17.0 Å². The number of aromatic nitrogens is 2. The summed E-state index contributed by atoms with van der Waals surface area (Å²) in [5.41, 5.74) is 1.78. The van der Waals surface area contributed by atoms with Crippen molar-refractivity contribution in [3.63, 3.8) is 0 Å². The van der Waals surface area contributed by atoms with Gasteiger partial charge < -0.3 is 15.1 Å². The Labute approximate surface area is 194 Å². The van der Waals surface area contributed by atoms with Gasteiger partial charge in [0.25, 0.3) is 11.8 Å². The van der Waals surface area contributed by atoms with Crippen molar-refractivity contribution in [2.45, 2.75) is 40.0 Å². The first kappa shape index (κ1) is 21.9. The van der Waals surface area contributed by atoms with Gasteiger partial charge in [0.05, 0.1) is 0 Å². The van der Waals surface area contributed by atoms with Crippen LogP contribution in [-0.4, -0.2) is 69.6 Å². The van der Waals surface area contributed by atoms with Crippen molar-refractivity contribution < 1.29 is 14.4 Å². The largest absolute Gasteiger partial charge is 0.350 e. The Morgan fingerprint density at radius 3 is 2.48 bits per heavy atom. The summed E-state index contributed by atoms with van der Waals surface area (Å²) in [6.45, 7) is 9.00. The molecule has 4 aliphatic rings. The number of hydrogen-bond donors (Lipinski definition) is 1. The quantitative estimate of drug-likeness (QED) is 0.774. The Bertz CT molecular complexity index is 1100. The summed E-state index contributed by atoms with van der Waals surface area (Å²) < 4.78 is 1.71. The molecule has 0 radical (unpaired) electrons. The molecule has 3 saturated carbocycles. The third kappa shape index (κ3) is 3.79. The number of fused-ring (bicyclic) bond motifs is 3. The molecular formula is C25H33N5O3. The minimum atomic E-state index is -0.169. The zero-order chi connectivity index (χ0) is 23.3. The standard InChI is InChI=1S/C25H33N5O3/c1-16(31)28-9-11-29(12-10-28)24(33)20-15-30-21(5-4-6-22(30)27-20)23(32)26-14-17-7-8-18-13-19(17)25(18,2)3/h4-6,15,17-19H,7-14H2,1-3H3,(H,26,32)/t17-,18-,19+/m0/s1. The summed E-state index contributed by atoms with van der Waals surface area (Å²) in [6.07, 6.45) is 5.39. The Kier molecular flexibility index (Phi) is 5.41. The van der Waals surface area contributed by atoms with Gasteiger partial charge in [-0.3, -0.25) is 18.8 Å². The molecule has 2 aromatic rings. The number of amides is 3. The van der Waals surface area contributed by atoms with Gasteiger partial charge in [0.15, 0.2) is 0 Å². The van der Waals surface area contributed by atoms with E-state index >= 15 is 0 Å². The molecule has 1 saturated heterocycles. The second-order valence-corrected chi connectivity index (χ2v) is 10.5. The number of carbonyl (C=O) groups is 3. The van der Waals surface area contributed by atoms with Gasteiger partial charge in [-0.1, -0.05) is 19.9 Å². The van der Waals surface area contributed by atoms with E-state index in [1.807, 2.05) is 0 Å². The van der Waals surface area contributed by atoms with Crippen molar-refractivity contribution in [1.29, 1.82) is 0 Å². The van der Waals surface area contributed by atoms with Crippen molar-refractivity contribution in [2.75, 3.05) is 32.7 Å². The van der Waals surface area contributed by atoms with E-state index in [1.54, 1.807) is 45.5 Å². The number of rotatable bonds is 4. The molecular weight excluding hydrogens is 418 g/mol. The minimum Gasteiger partial charge on any atom is -0.350 e. The van der Waals surface area contributed by atoms with Crippen molar-refractivity contribution in [1.82, 2.24) is 24.5 Å². The lowest BCUT2D eigenvalue weighted by Gasteiger charge is -2.60. The maximum atomic E-state index is 13.1.